The predicted octanol–water partition coefficient (Wildman–Crippen LogP) is 5.23. The molecule has 0 aliphatic heterocycles. The first-order valence-electron chi connectivity index (χ1n) is 8.05. The maximum atomic E-state index is 12.0. The zero-order chi connectivity index (χ0) is 20.0. The third-order valence-electron chi connectivity index (χ3n) is 3.42. The topological polar surface area (TPSA) is 69.7 Å². The third-order valence-corrected chi connectivity index (χ3v) is 6.71. The van der Waals surface area contributed by atoms with E-state index < -0.39 is 9.84 Å². The van der Waals surface area contributed by atoms with E-state index in [0.29, 0.717) is 22.3 Å². The summed E-state index contributed by atoms with van der Waals surface area (Å²) in [5.74, 6) is 0.451. The second kappa shape index (κ2) is 9.68. The van der Waals surface area contributed by atoms with Crippen molar-refractivity contribution >= 4 is 50.8 Å². The van der Waals surface area contributed by atoms with Gasteiger partial charge in [0.05, 0.1) is 32.9 Å². The van der Waals surface area contributed by atoms with Gasteiger partial charge in [0.2, 0.25) is 0 Å². The van der Waals surface area contributed by atoms with Crippen LogP contribution in [0.3, 0.4) is 0 Å². The van der Waals surface area contributed by atoms with Gasteiger partial charge in [-0.15, -0.1) is 11.8 Å². The molecule has 0 amide bonds. The molecule has 146 valence electrons. The van der Waals surface area contributed by atoms with Gasteiger partial charge in [0, 0.05) is 11.1 Å². The van der Waals surface area contributed by atoms with Gasteiger partial charge in [0.15, 0.2) is 9.84 Å². The van der Waals surface area contributed by atoms with Crippen molar-refractivity contribution in [3.05, 3.63) is 46.4 Å². The quantitative estimate of drug-likeness (QED) is 0.406. The van der Waals surface area contributed by atoms with Crippen molar-refractivity contribution in [2.75, 3.05) is 18.1 Å². The van der Waals surface area contributed by atoms with Crippen LogP contribution in [0, 0.1) is 0 Å². The molecule has 0 atom stereocenters. The van der Waals surface area contributed by atoms with E-state index in [4.69, 9.17) is 32.7 Å². The number of thioether (sulfide) groups is 1. The fourth-order valence-corrected chi connectivity index (χ4v) is 4.18. The summed E-state index contributed by atoms with van der Waals surface area (Å²) in [5, 5.41) is 0.609. The van der Waals surface area contributed by atoms with Crippen molar-refractivity contribution in [2.45, 2.75) is 23.6 Å². The van der Waals surface area contributed by atoms with Crippen molar-refractivity contribution in [2.24, 2.45) is 0 Å². The van der Waals surface area contributed by atoms with Crippen LogP contribution in [0.15, 0.2) is 46.2 Å². The molecular formula is C18H18Cl2O5S2. The van der Waals surface area contributed by atoms with Crippen LogP contribution in [-0.4, -0.2) is 32.5 Å². The maximum Gasteiger partial charge on any atom is 0.316 e. The molecule has 2 rings (SSSR count). The summed E-state index contributed by atoms with van der Waals surface area (Å²) in [7, 11) is -3.37. The van der Waals surface area contributed by atoms with Crippen LogP contribution >= 0.6 is 35.0 Å². The van der Waals surface area contributed by atoms with E-state index in [1.807, 2.05) is 0 Å². The maximum absolute atomic E-state index is 12.0. The summed E-state index contributed by atoms with van der Waals surface area (Å²) in [4.78, 5) is 12.4. The van der Waals surface area contributed by atoms with Gasteiger partial charge in [-0.3, -0.25) is 4.79 Å². The number of rotatable bonds is 8. The van der Waals surface area contributed by atoms with E-state index in [0.717, 1.165) is 0 Å². The first-order chi connectivity index (χ1) is 12.8. The average molecular weight is 449 g/mol. The Morgan fingerprint density at radius 1 is 1.07 bits per heavy atom. The predicted molar refractivity (Wildman–Crippen MR) is 108 cm³/mol. The van der Waals surface area contributed by atoms with E-state index in [1.165, 1.54) is 30.0 Å². The Morgan fingerprint density at radius 3 is 2.44 bits per heavy atom. The number of esters is 1. The molecule has 0 fully saturated rings. The number of hydrogen-bond donors (Lipinski definition) is 0. The van der Waals surface area contributed by atoms with E-state index in [2.05, 4.69) is 0 Å². The molecule has 5 nitrogen and oxygen atoms in total. The molecule has 0 radical (unpaired) electrons. The average Bonchev–Trinajstić information content (AvgIpc) is 2.63. The highest BCUT2D eigenvalue weighted by Gasteiger charge is 2.16. The minimum Gasteiger partial charge on any atom is -0.465 e. The molecule has 0 aliphatic carbocycles. The Hall–Kier alpha value is -1.41. The molecule has 0 spiro atoms. The number of hydrogen-bond acceptors (Lipinski definition) is 6. The number of ether oxygens (including phenoxy) is 2. The number of carbonyl (C=O) groups excluding carboxylic acids is 1. The first-order valence-corrected chi connectivity index (χ1v) is 11.4. The van der Waals surface area contributed by atoms with Crippen molar-refractivity contribution in [1.29, 1.82) is 0 Å². The summed E-state index contributed by atoms with van der Waals surface area (Å²) in [6.07, 6.45) is 0. The molecule has 0 aliphatic rings. The van der Waals surface area contributed by atoms with Crippen LogP contribution in [0.2, 0.25) is 10.0 Å². The lowest BCUT2D eigenvalue weighted by Crippen LogP contribution is -2.06. The number of benzene rings is 2. The Kier molecular flexibility index (Phi) is 7.85. The molecule has 0 saturated carbocycles. The molecule has 0 aromatic heterocycles. The molecule has 2 aromatic rings. The minimum atomic E-state index is -3.37. The zero-order valence-corrected chi connectivity index (χ0v) is 17.8. The Morgan fingerprint density at radius 2 is 1.81 bits per heavy atom. The molecule has 0 N–H and O–H groups in total. The van der Waals surface area contributed by atoms with Crippen LogP contribution in [0.1, 0.15) is 13.8 Å². The van der Waals surface area contributed by atoms with Crippen LogP contribution in [0.4, 0.5) is 0 Å². The van der Waals surface area contributed by atoms with Crippen molar-refractivity contribution in [3.8, 4) is 11.5 Å². The molecule has 0 unspecified atom stereocenters. The van der Waals surface area contributed by atoms with E-state index >= 15 is 0 Å². The van der Waals surface area contributed by atoms with Crippen LogP contribution in [0.5, 0.6) is 11.5 Å². The molecule has 27 heavy (non-hydrogen) atoms. The van der Waals surface area contributed by atoms with Crippen molar-refractivity contribution in [3.63, 3.8) is 0 Å². The largest absolute Gasteiger partial charge is 0.465 e. The van der Waals surface area contributed by atoms with Gasteiger partial charge >= 0.3 is 5.97 Å². The second-order valence-electron chi connectivity index (χ2n) is 5.28. The third kappa shape index (κ3) is 6.04. The van der Waals surface area contributed by atoms with E-state index in [9.17, 15) is 13.2 Å². The SMILES string of the molecule is CCOC(=O)CSc1ccc(Cl)cc1Oc1ccc(S(=O)(=O)CC)cc1Cl. The van der Waals surface area contributed by atoms with Gasteiger partial charge in [-0.1, -0.05) is 30.1 Å². The fraction of sp³-hybridized carbons (Fsp3) is 0.278. The molecule has 0 saturated heterocycles. The zero-order valence-electron chi connectivity index (χ0n) is 14.7. The van der Waals surface area contributed by atoms with Crippen molar-refractivity contribution < 1.29 is 22.7 Å². The minimum absolute atomic E-state index is 0.0214. The molecule has 2 aromatic carbocycles. The summed E-state index contributed by atoms with van der Waals surface area (Å²) in [6.45, 7) is 3.61. The Bertz CT molecular complexity index is 929. The summed E-state index contributed by atoms with van der Waals surface area (Å²) < 4.78 is 34.7. The molecule has 0 bridgehead atoms. The highest BCUT2D eigenvalue weighted by Crippen LogP contribution is 2.38. The van der Waals surface area contributed by atoms with Gasteiger partial charge in [-0.25, -0.2) is 8.42 Å². The highest BCUT2D eigenvalue weighted by atomic mass is 35.5. The van der Waals surface area contributed by atoms with Gasteiger partial charge in [0.1, 0.15) is 11.5 Å². The van der Waals surface area contributed by atoms with Gasteiger partial charge in [-0.05, 0) is 37.3 Å². The first kappa shape index (κ1) is 21.9. The monoisotopic (exact) mass is 448 g/mol. The summed E-state index contributed by atoms with van der Waals surface area (Å²) in [5.41, 5.74) is 0. The van der Waals surface area contributed by atoms with Gasteiger partial charge < -0.3 is 9.47 Å². The summed E-state index contributed by atoms with van der Waals surface area (Å²) in [6, 6.07) is 9.29. The van der Waals surface area contributed by atoms with E-state index in [1.54, 1.807) is 32.0 Å². The Balaban J connectivity index is 2.26. The highest BCUT2D eigenvalue weighted by molar-refractivity contribution is 8.00. The smallest absolute Gasteiger partial charge is 0.316 e. The number of carbonyl (C=O) groups is 1. The Labute approximate surface area is 172 Å². The summed E-state index contributed by atoms with van der Waals surface area (Å²) >= 11 is 13.5. The van der Waals surface area contributed by atoms with Gasteiger partial charge in [0.25, 0.3) is 0 Å². The fourth-order valence-electron chi connectivity index (χ4n) is 2.06. The van der Waals surface area contributed by atoms with Crippen molar-refractivity contribution in [1.82, 2.24) is 0 Å². The molecule has 0 heterocycles. The van der Waals surface area contributed by atoms with Crippen LogP contribution in [-0.2, 0) is 19.4 Å². The second-order valence-corrected chi connectivity index (χ2v) is 9.42. The standard InChI is InChI=1S/C18H18Cl2O5S2/c1-3-24-18(21)11-26-17-8-5-12(19)9-16(17)25-15-7-6-13(10-14(15)20)27(22,23)4-2/h5-10H,3-4,11H2,1-2H3. The number of sulfone groups is 1. The lowest BCUT2D eigenvalue weighted by molar-refractivity contribution is -0.139. The normalized spacial score (nSPS) is 11.3. The van der Waals surface area contributed by atoms with E-state index in [-0.39, 0.29) is 33.1 Å². The molecular weight excluding hydrogens is 431 g/mol. The number of halogens is 2. The lowest BCUT2D eigenvalue weighted by atomic mass is 10.3. The van der Waals surface area contributed by atoms with Gasteiger partial charge in [-0.2, -0.15) is 0 Å². The van der Waals surface area contributed by atoms with Crippen LogP contribution in [0.25, 0.3) is 0 Å². The van der Waals surface area contributed by atoms with Crippen LogP contribution < -0.4 is 4.74 Å². The lowest BCUT2D eigenvalue weighted by Gasteiger charge is -2.13. The molecule has 9 heteroatoms.